The van der Waals surface area contributed by atoms with E-state index >= 15 is 0 Å². The fraction of sp³-hybridized carbons (Fsp3) is 0. The second-order valence-corrected chi connectivity index (χ2v) is 4.73. The number of nitrogens with zero attached hydrogens (tertiary/aromatic N) is 3. The lowest BCUT2D eigenvalue weighted by atomic mass is 10.2. The average molecular weight is 347 g/mol. The molecule has 0 saturated heterocycles. The van der Waals surface area contributed by atoms with Crippen molar-refractivity contribution in [2.45, 2.75) is 0 Å². The third-order valence-corrected chi connectivity index (χ3v) is 3.20. The lowest BCUT2D eigenvalue weighted by Crippen LogP contribution is -2.21. The van der Waals surface area contributed by atoms with Crippen LogP contribution in [0.5, 0.6) is 0 Å². The average Bonchev–Trinajstić information content (AvgIpc) is 2.52. The summed E-state index contributed by atoms with van der Waals surface area (Å²) in [5.74, 6) is -0.387. The number of carbonyl (C=O) groups is 1. The summed E-state index contributed by atoms with van der Waals surface area (Å²) in [6.07, 6.45) is 2.67. The minimum absolute atomic E-state index is 0.235. The molecule has 1 aromatic heterocycles. The Morgan fingerprint density at radius 3 is 2.67 bits per heavy atom. The monoisotopic (exact) mass is 346 g/mol. The summed E-state index contributed by atoms with van der Waals surface area (Å²) in [6.45, 7) is 0. The van der Waals surface area contributed by atoms with Crippen LogP contribution >= 0.6 is 15.9 Å². The minimum Gasteiger partial charge on any atom is -0.411 e. The summed E-state index contributed by atoms with van der Waals surface area (Å²) in [5.41, 5.74) is 3.56. The number of halogens is 1. The van der Waals surface area contributed by atoms with Crippen LogP contribution in [-0.4, -0.2) is 28.0 Å². The van der Waals surface area contributed by atoms with Crippen molar-refractivity contribution in [1.29, 1.82) is 0 Å². The number of benzene rings is 1. The van der Waals surface area contributed by atoms with Gasteiger partial charge in [-0.2, -0.15) is 5.10 Å². The van der Waals surface area contributed by atoms with Gasteiger partial charge in [0.15, 0.2) is 0 Å². The number of carbonyl (C=O) groups excluding carboxylic acids is 1. The van der Waals surface area contributed by atoms with Crippen molar-refractivity contribution in [3.8, 4) is 0 Å². The number of hydrogen-bond acceptors (Lipinski definition) is 5. The normalized spacial score (nSPS) is 11.6. The quantitative estimate of drug-likeness (QED) is 0.506. The molecule has 0 aliphatic carbocycles. The molecule has 1 amide bonds. The third kappa shape index (κ3) is 3.96. The van der Waals surface area contributed by atoms with E-state index in [9.17, 15) is 4.79 Å². The molecule has 0 aliphatic heterocycles. The fourth-order valence-corrected chi connectivity index (χ4v) is 2.00. The summed E-state index contributed by atoms with van der Waals surface area (Å²) in [6, 6.07) is 12.2. The van der Waals surface area contributed by atoms with Crippen LogP contribution in [0.25, 0.3) is 0 Å². The van der Waals surface area contributed by atoms with Gasteiger partial charge < -0.3 is 5.21 Å². The number of amides is 1. The van der Waals surface area contributed by atoms with Crippen molar-refractivity contribution in [2.24, 2.45) is 10.3 Å². The maximum absolute atomic E-state index is 12.0. The lowest BCUT2D eigenvalue weighted by molar-refractivity contribution is 0.0954. The molecule has 6 nitrogen and oxygen atoms in total. The zero-order valence-electron chi connectivity index (χ0n) is 10.8. The largest absolute Gasteiger partial charge is 0.411 e. The first kappa shape index (κ1) is 14.9. The van der Waals surface area contributed by atoms with Crippen molar-refractivity contribution < 1.29 is 10.0 Å². The van der Waals surface area contributed by atoms with Crippen LogP contribution in [0.1, 0.15) is 16.1 Å². The molecule has 21 heavy (non-hydrogen) atoms. The molecular formula is C14H11BrN4O2. The minimum atomic E-state index is -0.387. The number of aromatic nitrogens is 1. The van der Waals surface area contributed by atoms with E-state index in [1.165, 1.54) is 0 Å². The van der Waals surface area contributed by atoms with Crippen molar-refractivity contribution in [2.75, 3.05) is 0 Å². The Morgan fingerprint density at radius 2 is 2.00 bits per heavy atom. The topological polar surface area (TPSA) is 86.9 Å². The van der Waals surface area contributed by atoms with E-state index in [1.54, 1.807) is 42.6 Å². The second-order valence-electron chi connectivity index (χ2n) is 3.88. The Morgan fingerprint density at radius 1 is 1.24 bits per heavy atom. The zero-order chi connectivity index (χ0) is 15.1. The Bertz CT molecular complexity index is 686. The summed E-state index contributed by atoms with van der Waals surface area (Å²) < 4.78 is 0.660. The predicted octanol–water partition coefficient (Wildman–Crippen LogP) is 2.44. The predicted molar refractivity (Wildman–Crippen MR) is 82.7 cm³/mol. The Balaban J connectivity index is 2.21. The Hall–Kier alpha value is -2.54. The van der Waals surface area contributed by atoms with Gasteiger partial charge in [-0.05, 0) is 40.2 Å². The van der Waals surface area contributed by atoms with E-state index < -0.39 is 0 Å². The van der Waals surface area contributed by atoms with Crippen LogP contribution < -0.4 is 5.43 Å². The molecule has 106 valence electrons. The van der Waals surface area contributed by atoms with Gasteiger partial charge in [-0.3, -0.25) is 9.78 Å². The van der Waals surface area contributed by atoms with E-state index in [-0.39, 0.29) is 11.6 Å². The molecule has 7 heteroatoms. The summed E-state index contributed by atoms with van der Waals surface area (Å²) in [4.78, 5) is 16.1. The van der Waals surface area contributed by atoms with Gasteiger partial charge in [0.2, 0.25) is 0 Å². The zero-order valence-corrected chi connectivity index (χ0v) is 12.4. The SMILES string of the molecule is O=C(N/N=C(\C=N\O)c1ccccn1)c1ccccc1Br. The molecule has 0 aliphatic rings. The third-order valence-electron chi connectivity index (χ3n) is 2.50. The highest BCUT2D eigenvalue weighted by Crippen LogP contribution is 2.15. The lowest BCUT2D eigenvalue weighted by Gasteiger charge is -2.04. The van der Waals surface area contributed by atoms with Gasteiger partial charge >= 0.3 is 0 Å². The maximum atomic E-state index is 12.0. The van der Waals surface area contributed by atoms with E-state index in [4.69, 9.17) is 5.21 Å². The highest BCUT2D eigenvalue weighted by atomic mass is 79.9. The van der Waals surface area contributed by atoms with Crippen LogP contribution in [0.4, 0.5) is 0 Å². The van der Waals surface area contributed by atoms with Gasteiger partial charge in [0.25, 0.3) is 5.91 Å². The molecule has 2 rings (SSSR count). The molecule has 0 unspecified atom stereocenters. The van der Waals surface area contributed by atoms with Gasteiger partial charge in [0.1, 0.15) is 5.71 Å². The van der Waals surface area contributed by atoms with Crippen molar-refractivity contribution in [3.63, 3.8) is 0 Å². The second kappa shape index (κ2) is 7.30. The maximum Gasteiger partial charge on any atom is 0.272 e. The Labute approximate surface area is 129 Å². The first-order chi connectivity index (χ1) is 10.2. The van der Waals surface area contributed by atoms with Crippen LogP contribution in [-0.2, 0) is 0 Å². The first-order valence-corrected chi connectivity index (χ1v) is 6.73. The molecule has 1 aromatic carbocycles. The molecule has 0 atom stereocenters. The highest BCUT2D eigenvalue weighted by molar-refractivity contribution is 9.10. The smallest absolute Gasteiger partial charge is 0.272 e. The van der Waals surface area contributed by atoms with Crippen molar-refractivity contribution in [3.05, 3.63) is 64.4 Å². The standard InChI is InChI=1S/C14H11BrN4O2/c15-11-6-2-1-5-10(11)14(20)19-18-13(9-17-21)12-7-3-4-8-16-12/h1-9,21H,(H,19,20)/b17-9+,18-13+. The molecule has 0 radical (unpaired) electrons. The molecule has 2 N–H and O–H groups in total. The summed E-state index contributed by atoms with van der Waals surface area (Å²) in [5, 5.41) is 15.5. The van der Waals surface area contributed by atoms with Gasteiger partial charge in [-0.25, -0.2) is 5.43 Å². The van der Waals surface area contributed by atoms with Crippen LogP contribution in [0, 0.1) is 0 Å². The van der Waals surface area contributed by atoms with Crippen molar-refractivity contribution >= 4 is 33.8 Å². The fourth-order valence-electron chi connectivity index (χ4n) is 1.54. The highest BCUT2D eigenvalue weighted by Gasteiger charge is 2.09. The number of nitrogens with one attached hydrogen (secondary N) is 1. The number of hydrazone groups is 1. The Kier molecular flexibility index (Phi) is 5.16. The van der Waals surface area contributed by atoms with E-state index in [2.05, 4.69) is 36.6 Å². The molecule has 0 saturated carbocycles. The van der Waals surface area contributed by atoms with Crippen LogP contribution in [0.15, 0.2) is 63.4 Å². The van der Waals surface area contributed by atoms with E-state index in [1.807, 2.05) is 6.07 Å². The van der Waals surface area contributed by atoms with Gasteiger partial charge in [-0.1, -0.05) is 23.4 Å². The summed E-state index contributed by atoms with van der Waals surface area (Å²) in [7, 11) is 0. The van der Waals surface area contributed by atoms with Crippen molar-refractivity contribution in [1.82, 2.24) is 10.4 Å². The van der Waals surface area contributed by atoms with E-state index in [0.717, 1.165) is 6.21 Å². The van der Waals surface area contributed by atoms with Gasteiger partial charge in [0, 0.05) is 10.7 Å². The van der Waals surface area contributed by atoms with Gasteiger partial charge in [-0.15, -0.1) is 0 Å². The molecule has 1 heterocycles. The first-order valence-electron chi connectivity index (χ1n) is 5.94. The van der Waals surface area contributed by atoms with E-state index in [0.29, 0.717) is 15.7 Å². The van der Waals surface area contributed by atoms with Gasteiger partial charge in [0.05, 0.1) is 17.5 Å². The van der Waals surface area contributed by atoms with Crippen LogP contribution in [0.2, 0.25) is 0 Å². The van der Waals surface area contributed by atoms with Crippen LogP contribution in [0.3, 0.4) is 0 Å². The molecular weight excluding hydrogens is 336 g/mol. The molecule has 0 bridgehead atoms. The molecule has 2 aromatic rings. The number of hydrogen-bond donors (Lipinski definition) is 2. The summed E-state index contributed by atoms with van der Waals surface area (Å²) >= 11 is 3.29. The number of pyridine rings is 1. The molecule has 0 spiro atoms. The number of oxime groups is 1. The molecule has 0 fully saturated rings. The number of rotatable bonds is 4.